The summed E-state index contributed by atoms with van der Waals surface area (Å²) in [4.78, 5) is 8.49. The first-order chi connectivity index (χ1) is 26.4. The van der Waals surface area contributed by atoms with E-state index in [1.165, 1.54) is 0 Å². The SMILES string of the molecule is CC(C)(C)C1CC(F)(F)CCN1C(C)(C)C.CC(C)(C)C1CC(F)(F)CN1C(C)(C)C.CC(C)(C)C1CC(F)CN1C(C)(C)C.CC(C)(C)C1CCC(F)(F)CN1C(C)(C)C. The number of likely N-dealkylation sites (tertiary alicyclic amines) is 4. The molecule has 4 nitrogen and oxygen atoms in total. The lowest BCUT2D eigenvalue weighted by atomic mass is 9.77. The molecule has 0 radical (unpaired) electrons. The molecule has 0 saturated carbocycles. The maximum absolute atomic E-state index is 13.5. The maximum atomic E-state index is 13.5. The highest BCUT2D eigenvalue weighted by Gasteiger charge is 2.52. The highest BCUT2D eigenvalue weighted by molar-refractivity contribution is 5.02. The standard InChI is InChI=1S/2C13H25F2N.C12H23F2N.C12H24FN/c1-11(2,3)10-9-13(14,15)7-8-16(10)12(4,5)6;1-11(2,3)10-7-8-13(14,15)9-16(10)12(4,5)6;1-10(2,3)9-7-12(13,14)8-15(9)11(4,5)6;1-11(2,3)10-7-9(13)8-14(10)12(4,5)6/h2*10H,7-9H2,1-6H3;9H,7-8H2,1-6H3;9-10H,7-8H2,1-6H3. The van der Waals surface area contributed by atoms with E-state index in [-0.39, 0.29) is 101 Å². The molecule has 5 atom stereocenters. The number of hydrogen-bond donors (Lipinski definition) is 0. The number of hydrogen-bond acceptors (Lipinski definition) is 4. The molecule has 4 rings (SSSR count). The first-order valence-electron chi connectivity index (χ1n) is 23.3. The van der Waals surface area contributed by atoms with E-state index in [2.05, 4.69) is 114 Å². The summed E-state index contributed by atoms with van der Waals surface area (Å²) in [5.74, 6) is -7.53. The van der Waals surface area contributed by atoms with Crippen molar-refractivity contribution in [3.05, 3.63) is 0 Å². The minimum Gasteiger partial charge on any atom is -0.295 e. The summed E-state index contributed by atoms with van der Waals surface area (Å²) in [6.07, 6.45) is 0.660. The Kier molecular flexibility index (Phi) is 18.5. The van der Waals surface area contributed by atoms with Gasteiger partial charge >= 0.3 is 0 Å². The largest absolute Gasteiger partial charge is 0.295 e. The van der Waals surface area contributed by atoms with Crippen LogP contribution in [0.4, 0.5) is 30.7 Å². The van der Waals surface area contributed by atoms with Gasteiger partial charge in [-0.3, -0.25) is 19.6 Å². The van der Waals surface area contributed by atoms with Gasteiger partial charge in [0.1, 0.15) is 6.17 Å². The van der Waals surface area contributed by atoms with Crippen LogP contribution >= 0.6 is 0 Å². The summed E-state index contributed by atoms with van der Waals surface area (Å²) < 4.78 is 94.4. The Morgan fingerprint density at radius 3 is 1.03 bits per heavy atom. The van der Waals surface area contributed by atoms with Crippen LogP contribution in [-0.4, -0.2) is 116 Å². The monoisotopic (exact) mass is 887 g/mol. The zero-order chi connectivity index (χ0) is 48.8. The van der Waals surface area contributed by atoms with Gasteiger partial charge in [0, 0.05) is 85.1 Å². The van der Waals surface area contributed by atoms with Crippen molar-refractivity contribution in [2.75, 3.05) is 26.2 Å². The Morgan fingerprint density at radius 1 is 0.377 bits per heavy atom. The van der Waals surface area contributed by atoms with Gasteiger partial charge < -0.3 is 0 Å². The van der Waals surface area contributed by atoms with Crippen LogP contribution in [0.25, 0.3) is 0 Å². The average molecular weight is 887 g/mol. The van der Waals surface area contributed by atoms with Crippen molar-refractivity contribution in [3.63, 3.8) is 0 Å². The van der Waals surface area contributed by atoms with Gasteiger partial charge in [-0.05, 0) is 118 Å². The van der Waals surface area contributed by atoms with Gasteiger partial charge in [0.25, 0.3) is 17.8 Å². The molecule has 0 spiro atoms. The molecule has 0 N–H and O–H groups in total. The van der Waals surface area contributed by atoms with Gasteiger partial charge in [0.05, 0.1) is 13.1 Å². The van der Waals surface area contributed by atoms with Crippen molar-refractivity contribution < 1.29 is 30.7 Å². The van der Waals surface area contributed by atoms with Crippen LogP contribution < -0.4 is 0 Å². The van der Waals surface area contributed by atoms with E-state index >= 15 is 0 Å². The summed E-state index contributed by atoms with van der Waals surface area (Å²) >= 11 is 0. The second kappa shape index (κ2) is 19.3. The lowest BCUT2D eigenvalue weighted by Crippen LogP contribution is -2.60. The number of halogens is 7. The third kappa shape index (κ3) is 18.3. The normalized spacial score (nSPS) is 28.9. The van der Waals surface area contributed by atoms with Gasteiger partial charge in [-0.1, -0.05) is 83.1 Å². The van der Waals surface area contributed by atoms with Gasteiger partial charge in [-0.15, -0.1) is 0 Å². The lowest BCUT2D eigenvalue weighted by molar-refractivity contribution is -0.127. The van der Waals surface area contributed by atoms with E-state index < -0.39 is 23.9 Å². The van der Waals surface area contributed by atoms with Gasteiger partial charge in [-0.2, -0.15) is 0 Å². The maximum Gasteiger partial charge on any atom is 0.262 e. The molecule has 0 amide bonds. The zero-order valence-corrected chi connectivity index (χ0v) is 43.9. The molecule has 61 heavy (non-hydrogen) atoms. The first-order valence-corrected chi connectivity index (χ1v) is 23.3. The number of nitrogens with zero attached hydrogens (tertiary/aromatic N) is 4. The fourth-order valence-electron chi connectivity index (χ4n) is 9.70. The highest BCUT2D eigenvalue weighted by Crippen LogP contribution is 2.45. The summed E-state index contributed by atoms with van der Waals surface area (Å²) in [6.45, 7) is 51.1. The van der Waals surface area contributed by atoms with Crippen LogP contribution in [0.5, 0.6) is 0 Å². The Balaban J connectivity index is 0.000000407. The molecule has 4 fully saturated rings. The van der Waals surface area contributed by atoms with Crippen molar-refractivity contribution >= 4 is 0 Å². The van der Waals surface area contributed by atoms with Crippen LogP contribution in [-0.2, 0) is 0 Å². The Morgan fingerprint density at radius 2 is 0.705 bits per heavy atom. The van der Waals surface area contributed by atoms with E-state index in [1.54, 1.807) is 0 Å². The summed E-state index contributed by atoms with van der Waals surface area (Å²) in [6, 6.07) is 0.536. The second-order valence-electron chi connectivity index (χ2n) is 27.4. The number of alkyl halides is 7. The molecule has 0 aromatic carbocycles. The fraction of sp³-hybridized carbons (Fsp3) is 1.00. The molecule has 0 aromatic rings. The Hall–Kier alpha value is -0.650. The molecule has 4 aliphatic rings. The van der Waals surface area contributed by atoms with Crippen molar-refractivity contribution in [1.29, 1.82) is 0 Å². The van der Waals surface area contributed by atoms with Gasteiger partial charge in [0.2, 0.25) is 0 Å². The summed E-state index contributed by atoms with van der Waals surface area (Å²) in [5.41, 5.74) is -0.283. The van der Waals surface area contributed by atoms with Crippen molar-refractivity contribution in [2.24, 2.45) is 21.7 Å². The molecule has 4 aliphatic heterocycles. The van der Waals surface area contributed by atoms with E-state index in [4.69, 9.17) is 0 Å². The van der Waals surface area contributed by atoms with Crippen molar-refractivity contribution in [1.82, 2.24) is 19.6 Å². The number of rotatable bonds is 0. The molecule has 4 heterocycles. The summed E-state index contributed by atoms with van der Waals surface area (Å²) in [7, 11) is 0. The summed E-state index contributed by atoms with van der Waals surface area (Å²) in [5, 5.41) is 0. The minimum absolute atomic E-state index is 0.00313. The molecule has 4 saturated heterocycles. The first kappa shape index (κ1) is 58.4. The molecular formula is C50H97F7N4. The average Bonchev–Trinajstić information content (AvgIpc) is 3.55. The van der Waals surface area contributed by atoms with E-state index in [1.807, 2.05) is 72.1 Å². The van der Waals surface area contributed by atoms with Crippen LogP contribution in [0.15, 0.2) is 0 Å². The third-order valence-electron chi connectivity index (χ3n) is 13.1. The smallest absolute Gasteiger partial charge is 0.262 e. The fourth-order valence-corrected chi connectivity index (χ4v) is 9.70. The minimum atomic E-state index is -2.52. The van der Waals surface area contributed by atoms with Crippen LogP contribution in [0.1, 0.15) is 205 Å². The van der Waals surface area contributed by atoms with Crippen LogP contribution in [0.2, 0.25) is 0 Å². The molecular weight excluding hydrogens is 790 g/mol. The van der Waals surface area contributed by atoms with Crippen molar-refractivity contribution in [2.45, 2.75) is 275 Å². The molecule has 0 bridgehead atoms. The molecule has 5 unspecified atom stereocenters. The zero-order valence-electron chi connectivity index (χ0n) is 43.9. The Labute approximate surface area is 372 Å². The molecule has 0 aromatic heterocycles. The number of piperidine rings is 2. The third-order valence-corrected chi connectivity index (χ3v) is 13.1. The predicted molar refractivity (Wildman–Crippen MR) is 246 cm³/mol. The van der Waals surface area contributed by atoms with Gasteiger partial charge in [0.15, 0.2) is 0 Å². The van der Waals surface area contributed by atoms with Gasteiger partial charge in [-0.25, -0.2) is 30.7 Å². The second-order valence-corrected chi connectivity index (χ2v) is 27.4. The molecule has 0 aliphatic carbocycles. The Bertz CT molecular complexity index is 1240. The quantitative estimate of drug-likeness (QED) is 0.225. The van der Waals surface area contributed by atoms with E-state index in [9.17, 15) is 30.7 Å². The molecule has 366 valence electrons. The lowest BCUT2D eigenvalue weighted by Gasteiger charge is -2.51. The highest BCUT2D eigenvalue weighted by atomic mass is 19.3. The van der Waals surface area contributed by atoms with E-state index in [0.29, 0.717) is 32.0 Å². The van der Waals surface area contributed by atoms with Crippen molar-refractivity contribution in [3.8, 4) is 0 Å². The molecule has 11 heteroatoms. The van der Waals surface area contributed by atoms with Crippen LogP contribution in [0, 0.1) is 21.7 Å². The van der Waals surface area contributed by atoms with Crippen LogP contribution in [0.3, 0.4) is 0 Å². The topological polar surface area (TPSA) is 13.0 Å². The predicted octanol–water partition coefficient (Wildman–Crippen LogP) is 14.6. The van der Waals surface area contributed by atoms with E-state index in [0.717, 1.165) is 0 Å².